The Morgan fingerprint density at radius 2 is 2.11 bits per heavy atom. The fraction of sp³-hybridized carbons (Fsp3) is 0.300. The van der Waals surface area contributed by atoms with Crippen molar-refractivity contribution in [2.24, 2.45) is 0 Å². The number of benzene rings is 1. The second-order valence-electron chi connectivity index (χ2n) is 3.92. The molecule has 0 radical (unpaired) electrons. The lowest BCUT2D eigenvalue weighted by Crippen LogP contribution is -2.35. The molecule has 0 saturated carbocycles. The van der Waals surface area contributed by atoms with Gasteiger partial charge in [0.15, 0.2) is 0 Å². The van der Waals surface area contributed by atoms with Crippen LogP contribution in [-0.4, -0.2) is 43.7 Å². The molecule has 1 aliphatic heterocycles. The number of rotatable bonds is 4. The van der Waals surface area contributed by atoms with Crippen LogP contribution in [0.2, 0.25) is 0 Å². The predicted molar refractivity (Wildman–Crippen MR) is 65.2 cm³/mol. The Labute approximate surface area is 109 Å². The Kier molecular flexibility index (Phi) is 3.25. The zero-order valence-corrected chi connectivity index (χ0v) is 10.8. The van der Waals surface area contributed by atoms with E-state index in [0.29, 0.717) is 6.54 Å². The maximum atomic E-state index is 12.1. The molecule has 0 aromatic heterocycles. The third-order valence-corrected chi connectivity index (χ3v) is 4.60. The molecule has 1 aromatic carbocycles. The largest absolute Gasteiger partial charge is 0.318 e. The van der Waals surface area contributed by atoms with Crippen LogP contribution in [0.4, 0.5) is 5.69 Å². The van der Waals surface area contributed by atoms with Crippen molar-refractivity contribution in [3.63, 3.8) is 0 Å². The minimum Gasteiger partial charge on any atom is -0.318 e. The number of hydrogen-bond acceptors (Lipinski definition) is 6. The van der Waals surface area contributed by atoms with Gasteiger partial charge in [0.25, 0.3) is 21.6 Å². The van der Waals surface area contributed by atoms with Gasteiger partial charge < -0.3 is 5.32 Å². The fourth-order valence-electron chi connectivity index (χ4n) is 1.82. The predicted octanol–water partition coefficient (Wildman–Crippen LogP) is -0.0413. The Balaban J connectivity index is 2.50. The summed E-state index contributed by atoms with van der Waals surface area (Å²) >= 11 is 0. The smallest absolute Gasteiger partial charge is 0.270 e. The molecule has 9 heteroatoms. The van der Waals surface area contributed by atoms with Gasteiger partial charge in [-0.3, -0.25) is 14.9 Å². The van der Waals surface area contributed by atoms with Gasteiger partial charge in [0, 0.05) is 18.7 Å². The van der Waals surface area contributed by atoms with Crippen LogP contribution in [-0.2, 0) is 10.0 Å². The summed E-state index contributed by atoms with van der Waals surface area (Å²) in [6, 6.07) is 3.17. The normalized spacial score (nSPS) is 16.5. The van der Waals surface area contributed by atoms with Crippen molar-refractivity contribution in [2.45, 2.75) is 4.90 Å². The Bertz CT molecular complexity index is 655. The van der Waals surface area contributed by atoms with E-state index >= 15 is 0 Å². The average molecular weight is 285 g/mol. The molecule has 2 rings (SSSR count). The van der Waals surface area contributed by atoms with Crippen LogP contribution in [0.3, 0.4) is 0 Å². The standard InChI is InChI=1S/C10H11N3O5S/c1-11-4-5-12-10(14)8-6-7(13(15)16)2-3-9(8)19(12,17)18/h2-3,6,11H,4-5H2,1H3. The molecule has 0 spiro atoms. The van der Waals surface area contributed by atoms with Gasteiger partial charge in [-0.05, 0) is 13.1 Å². The zero-order chi connectivity index (χ0) is 14.2. The molecule has 8 nitrogen and oxygen atoms in total. The first-order valence-corrected chi connectivity index (χ1v) is 6.83. The lowest BCUT2D eigenvalue weighted by Gasteiger charge is -2.14. The highest BCUT2D eigenvalue weighted by atomic mass is 32.2. The molecule has 1 N–H and O–H groups in total. The minimum absolute atomic E-state index is 0.0137. The second kappa shape index (κ2) is 4.59. The number of hydrogen-bond donors (Lipinski definition) is 1. The molecular weight excluding hydrogens is 274 g/mol. The third kappa shape index (κ3) is 2.06. The number of nitro benzene ring substituents is 1. The minimum atomic E-state index is -3.89. The lowest BCUT2D eigenvalue weighted by atomic mass is 10.2. The summed E-state index contributed by atoms with van der Waals surface area (Å²) in [5, 5.41) is 13.4. The molecule has 0 aliphatic carbocycles. The van der Waals surface area contributed by atoms with Gasteiger partial charge in [-0.25, -0.2) is 12.7 Å². The Morgan fingerprint density at radius 3 is 2.68 bits per heavy atom. The van der Waals surface area contributed by atoms with E-state index in [1.807, 2.05) is 0 Å². The number of fused-ring (bicyclic) bond motifs is 1. The van der Waals surface area contributed by atoms with E-state index in [1.54, 1.807) is 7.05 Å². The number of likely N-dealkylation sites (N-methyl/N-ethyl adjacent to an activating group) is 1. The zero-order valence-electron chi connectivity index (χ0n) is 9.99. The van der Waals surface area contributed by atoms with Gasteiger partial charge in [0.1, 0.15) is 4.90 Å². The van der Waals surface area contributed by atoms with Crippen molar-refractivity contribution in [1.82, 2.24) is 9.62 Å². The van der Waals surface area contributed by atoms with Crippen LogP contribution in [0, 0.1) is 10.1 Å². The van der Waals surface area contributed by atoms with E-state index in [0.717, 1.165) is 22.5 Å². The van der Waals surface area contributed by atoms with E-state index in [4.69, 9.17) is 0 Å². The second-order valence-corrected chi connectivity index (χ2v) is 5.75. The molecule has 0 atom stereocenters. The Hall–Kier alpha value is -2.00. The fourth-order valence-corrected chi connectivity index (χ4v) is 3.37. The maximum absolute atomic E-state index is 12.1. The van der Waals surface area contributed by atoms with Gasteiger partial charge >= 0.3 is 0 Å². The number of nitro groups is 1. The van der Waals surface area contributed by atoms with Crippen molar-refractivity contribution in [2.75, 3.05) is 20.1 Å². The lowest BCUT2D eigenvalue weighted by molar-refractivity contribution is -0.384. The summed E-state index contributed by atoms with van der Waals surface area (Å²) in [7, 11) is -2.26. The average Bonchev–Trinajstić information content (AvgIpc) is 2.55. The molecular formula is C10H11N3O5S. The topological polar surface area (TPSA) is 110 Å². The van der Waals surface area contributed by atoms with Crippen molar-refractivity contribution >= 4 is 21.6 Å². The van der Waals surface area contributed by atoms with E-state index < -0.39 is 20.9 Å². The third-order valence-electron chi connectivity index (χ3n) is 2.76. The van der Waals surface area contributed by atoms with E-state index in [-0.39, 0.29) is 22.7 Å². The first-order chi connectivity index (χ1) is 8.89. The molecule has 0 fully saturated rings. The van der Waals surface area contributed by atoms with Crippen LogP contribution in [0.1, 0.15) is 10.4 Å². The summed E-state index contributed by atoms with van der Waals surface area (Å²) in [5.41, 5.74) is -0.455. The van der Waals surface area contributed by atoms with Crippen LogP contribution in [0.25, 0.3) is 0 Å². The number of amides is 1. The number of nitrogens with zero attached hydrogens (tertiary/aromatic N) is 2. The monoisotopic (exact) mass is 285 g/mol. The molecule has 0 bridgehead atoms. The van der Waals surface area contributed by atoms with Crippen molar-refractivity contribution in [1.29, 1.82) is 0 Å². The maximum Gasteiger partial charge on any atom is 0.270 e. The number of nitrogens with one attached hydrogen (secondary N) is 1. The first kappa shape index (κ1) is 13.4. The number of non-ortho nitro benzene ring substituents is 1. The Morgan fingerprint density at radius 1 is 1.42 bits per heavy atom. The van der Waals surface area contributed by atoms with E-state index in [1.165, 1.54) is 0 Å². The van der Waals surface area contributed by atoms with Crippen molar-refractivity contribution < 1.29 is 18.1 Å². The van der Waals surface area contributed by atoms with Gasteiger partial charge in [-0.15, -0.1) is 0 Å². The highest BCUT2D eigenvalue weighted by Gasteiger charge is 2.41. The summed E-state index contributed by atoms with van der Waals surface area (Å²) < 4.78 is 24.9. The van der Waals surface area contributed by atoms with Gasteiger partial charge in [0.2, 0.25) is 0 Å². The van der Waals surface area contributed by atoms with Crippen LogP contribution in [0.15, 0.2) is 23.1 Å². The molecule has 1 aliphatic rings. The number of carbonyl (C=O) groups is 1. The summed E-state index contributed by atoms with van der Waals surface area (Å²) in [6.45, 7) is 0.293. The number of sulfonamides is 1. The van der Waals surface area contributed by atoms with Crippen LogP contribution < -0.4 is 5.32 Å². The summed E-state index contributed by atoms with van der Waals surface area (Å²) in [6.07, 6.45) is 0. The van der Waals surface area contributed by atoms with Crippen molar-refractivity contribution in [3.8, 4) is 0 Å². The highest BCUT2D eigenvalue weighted by Crippen LogP contribution is 2.32. The van der Waals surface area contributed by atoms with Gasteiger partial charge in [0.05, 0.1) is 17.0 Å². The summed E-state index contributed by atoms with van der Waals surface area (Å²) in [4.78, 5) is 21.8. The summed E-state index contributed by atoms with van der Waals surface area (Å²) in [5.74, 6) is -0.728. The molecule has 1 aromatic rings. The first-order valence-electron chi connectivity index (χ1n) is 5.39. The molecule has 0 saturated heterocycles. The van der Waals surface area contributed by atoms with Crippen molar-refractivity contribution in [3.05, 3.63) is 33.9 Å². The van der Waals surface area contributed by atoms with E-state index in [9.17, 15) is 23.3 Å². The van der Waals surface area contributed by atoms with Gasteiger partial charge in [-0.2, -0.15) is 0 Å². The number of carbonyl (C=O) groups excluding carboxylic acids is 1. The SMILES string of the molecule is CNCCN1C(=O)c2cc([N+](=O)[O-])ccc2S1(=O)=O. The van der Waals surface area contributed by atoms with Gasteiger partial charge in [-0.1, -0.05) is 0 Å². The van der Waals surface area contributed by atoms with Crippen LogP contribution in [0.5, 0.6) is 0 Å². The molecule has 19 heavy (non-hydrogen) atoms. The molecule has 0 unspecified atom stereocenters. The molecule has 1 amide bonds. The molecule has 102 valence electrons. The molecule has 1 heterocycles. The highest BCUT2D eigenvalue weighted by molar-refractivity contribution is 7.90. The van der Waals surface area contributed by atoms with E-state index in [2.05, 4.69) is 5.32 Å². The quantitative estimate of drug-likeness (QED) is 0.614. The van der Waals surface area contributed by atoms with Crippen LogP contribution >= 0.6 is 0 Å².